The molecule has 3 N–H and O–H groups in total. The first-order valence-corrected chi connectivity index (χ1v) is 8.32. The maximum Gasteiger partial charge on any atom is 0.227 e. The highest BCUT2D eigenvalue weighted by molar-refractivity contribution is 6.19. The lowest BCUT2D eigenvalue weighted by Gasteiger charge is -2.14. The van der Waals surface area contributed by atoms with Gasteiger partial charge in [-0.05, 0) is 18.6 Å². The van der Waals surface area contributed by atoms with E-state index >= 15 is 0 Å². The molecule has 1 amide bonds. The Hall–Kier alpha value is -3.22. The molecule has 0 spiro atoms. The molecule has 0 fully saturated rings. The SMILES string of the molecule is CCC(C)C(=O)Nc1cc(N)c2c3c(cc(C(=O)/C=C/OC)nc13)C=N2. The quantitative estimate of drug-likeness (QED) is 0.307. The van der Waals surface area contributed by atoms with E-state index in [0.717, 1.165) is 10.9 Å². The number of nitrogen functional groups attached to an aromatic ring is 1. The predicted octanol–water partition coefficient (Wildman–Crippen LogP) is 3.21. The Balaban J connectivity index is 2.15. The molecule has 0 radical (unpaired) electrons. The van der Waals surface area contributed by atoms with Crippen molar-refractivity contribution in [3.8, 4) is 0 Å². The number of carbonyl (C=O) groups excluding carboxylic acids is 2. The number of anilines is 2. The number of nitrogens with two attached hydrogens (primary N) is 1. The minimum absolute atomic E-state index is 0.125. The van der Waals surface area contributed by atoms with Gasteiger partial charge in [-0.1, -0.05) is 13.8 Å². The van der Waals surface area contributed by atoms with Crippen molar-refractivity contribution in [3.63, 3.8) is 0 Å². The van der Waals surface area contributed by atoms with Crippen molar-refractivity contribution in [1.82, 2.24) is 4.98 Å². The van der Waals surface area contributed by atoms with Gasteiger partial charge in [0.2, 0.25) is 11.7 Å². The average Bonchev–Trinajstić information content (AvgIpc) is 3.07. The zero-order valence-corrected chi connectivity index (χ0v) is 14.9. The number of nitrogens with one attached hydrogen (secondary N) is 1. The fourth-order valence-electron chi connectivity index (χ4n) is 2.70. The second-order valence-electron chi connectivity index (χ2n) is 6.14. The molecule has 1 atom stereocenters. The lowest BCUT2D eigenvalue weighted by atomic mass is 10.0. The standard InChI is InChI=1S/C19H20N4O3/c1-4-10(2)19(25)23-14-8-12(20)17-16-11(9-21-17)7-13(22-18(14)16)15(24)5-6-26-3/h5-10H,4,20H2,1-3H3,(H,23,25)/b6-5+. The van der Waals surface area contributed by atoms with Gasteiger partial charge < -0.3 is 15.8 Å². The van der Waals surface area contributed by atoms with E-state index in [1.165, 1.54) is 19.4 Å². The molecule has 3 rings (SSSR count). The number of hydrogen-bond donors (Lipinski definition) is 2. The summed E-state index contributed by atoms with van der Waals surface area (Å²) in [6.45, 7) is 3.79. The van der Waals surface area contributed by atoms with Crippen LogP contribution in [0, 0.1) is 5.92 Å². The maximum absolute atomic E-state index is 12.3. The van der Waals surface area contributed by atoms with Crippen molar-refractivity contribution in [3.05, 3.63) is 35.7 Å². The summed E-state index contributed by atoms with van der Waals surface area (Å²) in [5.74, 6) is -0.579. The molecule has 0 bridgehead atoms. The number of methoxy groups -OCH3 is 1. The van der Waals surface area contributed by atoms with E-state index in [1.54, 1.807) is 18.3 Å². The number of ether oxygens (including phenoxy) is 1. The average molecular weight is 352 g/mol. The number of ketones is 1. The fraction of sp³-hybridized carbons (Fsp3) is 0.263. The lowest BCUT2D eigenvalue weighted by molar-refractivity contribution is -0.119. The number of nitrogens with zero attached hydrogens (tertiary/aromatic N) is 2. The van der Waals surface area contributed by atoms with Gasteiger partial charge in [-0.25, -0.2) is 4.98 Å². The summed E-state index contributed by atoms with van der Waals surface area (Å²) >= 11 is 0. The third kappa shape index (κ3) is 3.03. The summed E-state index contributed by atoms with van der Waals surface area (Å²) in [4.78, 5) is 33.4. The van der Waals surface area contributed by atoms with Gasteiger partial charge in [-0.3, -0.25) is 14.6 Å². The predicted molar refractivity (Wildman–Crippen MR) is 102 cm³/mol. The second kappa shape index (κ2) is 6.95. The fourth-order valence-corrected chi connectivity index (χ4v) is 2.70. The van der Waals surface area contributed by atoms with Crippen LogP contribution in [-0.2, 0) is 9.53 Å². The van der Waals surface area contributed by atoms with Crippen molar-refractivity contribution < 1.29 is 14.3 Å². The van der Waals surface area contributed by atoms with E-state index in [0.29, 0.717) is 29.0 Å². The molecule has 1 aromatic carbocycles. The van der Waals surface area contributed by atoms with Crippen molar-refractivity contribution in [2.75, 3.05) is 18.2 Å². The third-order valence-electron chi connectivity index (χ3n) is 4.37. The first kappa shape index (κ1) is 17.6. The lowest BCUT2D eigenvalue weighted by Crippen LogP contribution is -2.20. The first-order chi connectivity index (χ1) is 12.5. The second-order valence-corrected chi connectivity index (χ2v) is 6.14. The van der Waals surface area contributed by atoms with Crippen molar-refractivity contribution >= 4 is 45.9 Å². The number of pyridine rings is 1. The maximum atomic E-state index is 12.3. The Morgan fingerprint density at radius 1 is 1.38 bits per heavy atom. The van der Waals surface area contributed by atoms with Crippen LogP contribution in [0.2, 0.25) is 0 Å². The minimum atomic E-state index is -0.303. The number of allylic oxidation sites excluding steroid dienone is 1. The Bertz CT molecular complexity index is 963. The Morgan fingerprint density at radius 2 is 2.15 bits per heavy atom. The Kier molecular flexibility index (Phi) is 4.71. The summed E-state index contributed by atoms with van der Waals surface area (Å²) in [5, 5.41) is 3.61. The van der Waals surface area contributed by atoms with Gasteiger partial charge in [-0.15, -0.1) is 0 Å². The molecule has 2 heterocycles. The molecule has 7 nitrogen and oxygen atoms in total. The molecule has 0 saturated heterocycles. The van der Waals surface area contributed by atoms with Gasteiger partial charge in [-0.2, -0.15) is 0 Å². The van der Waals surface area contributed by atoms with Crippen molar-refractivity contribution in [1.29, 1.82) is 0 Å². The number of rotatable bonds is 6. The summed E-state index contributed by atoms with van der Waals surface area (Å²) in [6.07, 6.45) is 4.95. The van der Waals surface area contributed by atoms with Gasteiger partial charge in [0.05, 0.1) is 36.0 Å². The molecular weight excluding hydrogens is 332 g/mol. The van der Waals surface area contributed by atoms with E-state index in [-0.39, 0.29) is 23.3 Å². The van der Waals surface area contributed by atoms with Crippen molar-refractivity contribution in [2.24, 2.45) is 10.9 Å². The smallest absolute Gasteiger partial charge is 0.227 e. The van der Waals surface area contributed by atoms with Gasteiger partial charge in [0, 0.05) is 29.2 Å². The highest BCUT2D eigenvalue weighted by Crippen LogP contribution is 2.41. The summed E-state index contributed by atoms with van der Waals surface area (Å²) in [5.41, 5.74) is 9.10. The van der Waals surface area contributed by atoms with E-state index in [4.69, 9.17) is 10.5 Å². The highest BCUT2D eigenvalue weighted by atomic mass is 16.5. The molecular formula is C19H20N4O3. The topological polar surface area (TPSA) is 107 Å². The van der Waals surface area contributed by atoms with E-state index in [9.17, 15) is 9.59 Å². The van der Waals surface area contributed by atoms with Crippen LogP contribution in [0.1, 0.15) is 36.3 Å². The number of aliphatic imine (C=N–C) groups is 1. The van der Waals surface area contributed by atoms with Crippen LogP contribution in [0.15, 0.2) is 29.5 Å². The van der Waals surface area contributed by atoms with Gasteiger partial charge in [0.15, 0.2) is 0 Å². The number of carbonyl (C=O) groups is 2. The van der Waals surface area contributed by atoms with E-state index in [2.05, 4.69) is 15.3 Å². The molecule has 1 aromatic heterocycles. The van der Waals surface area contributed by atoms with Gasteiger partial charge in [0.1, 0.15) is 5.69 Å². The van der Waals surface area contributed by atoms with E-state index < -0.39 is 0 Å². The monoisotopic (exact) mass is 352 g/mol. The largest absolute Gasteiger partial charge is 0.504 e. The van der Waals surface area contributed by atoms with E-state index in [1.807, 2.05) is 13.8 Å². The molecule has 1 aliphatic rings. The van der Waals surface area contributed by atoms with Crippen LogP contribution < -0.4 is 11.1 Å². The Morgan fingerprint density at radius 3 is 2.85 bits per heavy atom. The van der Waals surface area contributed by atoms with Crippen molar-refractivity contribution in [2.45, 2.75) is 20.3 Å². The molecule has 7 heteroatoms. The zero-order chi connectivity index (χ0) is 18.8. The molecule has 1 aliphatic heterocycles. The summed E-state index contributed by atoms with van der Waals surface area (Å²) < 4.78 is 4.79. The third-order valence-corrected chi connectivity index (χ3v) is 4.37. The summed E-state index contributed by atoms with van der Waals surface area (Å²) in [6, 6.07) is 3.29. The number of hydrogen-bond acceptors (Lipinski definition) is 6. The number of benzene rings is 1. The van der Waals surface area contributed by atoms with Gasteiger partial charge >= 0.3 is 0 Å². The molecule has 2 aromatic rings. The number of aromatic nitrogens is 1. The summed E-state index contributed by atoms with van der Waals surface area (Å²) in [7, 11) is 1.46. The van der Waals surface area contributed by atoms with Crippen LogP contribution in [0.25, 0.3) is 10.9 Å². The highest BCUT2D eigenvalue weighted by Gasteiger charge is 2.22. The van der Waals surface area contributed by atoms with Crippen LogP contribution in [0.4, 0.5) is 17.1 Å². The molecule has 0 aliphatic carbocycles. The van der Waals surface area contributed by atoms with Crippen LogP contribution >= 0.6 is 0 Å². The molecule has 0 saturated carbocycles. The van der Waals surface area contributed by atoms with Crippen LogP contribution in [-0.4, -0.2) is 30.0 Å². The first-order valence-electron chi connectivity index (χ1n) is 8.32. The zero-order valence-electron chi connectivity index (χ0n) is 14.9. The normalized spacial score (nSPS) is 13.3. The minimum Gasteiger partial charge on any atom is -0.504 e. The van der Waals surface area contributed by atoms with Crippen LogP contribution in [0.5, 0.6) is 0 Å². The van der Waals surface area contributed by atoms with Gasteiger partial charge in [0.25, 0.3) is 0 Å². The molecule has 134 valence electrons. The molecule has 26 heavy (non-hydrogen) atoms. The Labute approximate surface area is 151 Å². The number of amides is 1. The molecule has 1 unspecified atom stereocenters. The van der Waals surface area contributed by atoms with Crippen LogP contribution in [0.3, 0.4) is 0 Å².